The molecule has 0 bridgehead atoms. The van der Waals surface area contributed by atoms with Crippen molar-refractivity contribution in [2.45, 2.75) is 19.8 Å². The number of aromatic nitrogens is 2. The van der Waals surface area contributed by atoms with Crippen LogP contribution in [0.3, 0.4) is 0 Å². The Kier molecular flexibility index (Phi) is 5.94. The number of nitrogens with one attached hydrogen (secondary N) is 3. The van der Waals surface area contributed by atoms with E-state index in [2.05, 4.69) is 20.7 Å². The predicted octanol–water partition coefficient (Wildman–Crippen LogP) is 2.33. The van der Waals surface area contributed by atoms with Gasteiger partial charge in [0.25, 0.3) is 5.56 Å². The maximum atomic E-state index is 11.7. The summed E-state index contributed by atoms with van der Waals surface area (Å²) >= 11 is 6.01. The van der Waals surface area contributed by atoms with Crippen molar-refractivity contribution in [1.29, 1.82) is 0 Å². The van der Waals surface area contributed by atoms with Gasteiger partial charge in [0.1, 0.15) is 0 Å². The number of hydrogen-bond donors (Lipinski definition) is 3. The van der Waals surface area contributed by atoms with E-state index in [0.29, 0.717) is 17.0 Å². The average Bonchev–Trinajstić information content (AvgIpc) is 2.85. The maximum absolute atomic E-state index is 11.7. The highest BCUT2D eigenvalue weighted by molar-refractivity contribution is 6.41. The van der Waals surface area contributed by atoms with Crippen LogP contribution in [0.4, 0.5) is 0 Å². The molecule has 7 heteroatoms. The topological polar surface area (TPSA) is 90.1 Å². The van der Waals surface area contributed by atoms with Crippen molar-refractivity contribution in [1.82, 2.24) is 15.6 Å². The Balaban J connectivity index is 1.82. The summed E-state index contributed by atoms with van der Waals surface area (Å²) in [4.78, 5) is 23.1. The Morgan fingerprint density at radius 3 is 2.70 bits per heavy atom. The summed E-state index contributed by atoms with van der Waals surface area (Å²) in [7, 11) is 0. The molecule has 3 N–H and O–H groups in total. The van der Waals surface area contributed by atoms with E-state index >= 15 is 0 Å². The number of carbonyl (C=O) groups excluding carboxylic acids is 1. The molecule has 0 radical (unpaired) electrons. The molecule has 2 aromatic rings. The molecular formula is C16H17ClN4O2. The number of benzene rings is 1. The number of amides is 1. The number of aryl methyl sites for hydroxylation is 1. The molecule has 0 spiro atoms. The Hall–Kier alpha value is -2.60. The first-order valence-corrected chi connectivity index (χ1v) is 7.44. The standard InChI is InChI=1S/C16H17ClN4O2/c1-11-14(16(23)21-19-11)7-8-15(22)20-18-10-13(17)9-12-5-3-2-4-6-12/h2-6,9-10H,7-8H2,1H3,(H,20,22)(H2,19,21,23)/b13-9?,18-10-. The van der Waals surface area contributed by atoms with E-state index in [9.17, 15) is 9.59 Å². The van der Waals surface area contributed by atoms with Crippen LogP contribution in [0.5, 0.6) is 0 Å². The number of allylic oxidation sites excluding steroid dienone is 1. The largest absolute Gasteiger partial charge is 0.302 e. The summed E-state index contributed by atoms with van der Waals surface area (Å²) in [6, 6.07) is 9.53. The van der Waals surface area contributed by atoms with Crippen molar-refractivity contribution >= 4 is 29.8 Å². The van der Waals surface area contributed by atoms with Gasteiger partial charge in [-0.2, -0.15) is 5.10 Å². The SMILES string of the molecule is Cc1[nH][nH]c(=O)c1CCC(=O)N/N=C\C(Cl)=Cc1ccccc1. The Morgan fingerprint density at radius 2 is 2.04 bits per heavy atom. The minimum atomic E-state index is -0.287. The summed E-state index contributed by atoms with van der Waals surface area (Å²) in [5.41, 5.74) is 4.44. The first-order chi connectivity index (χ1) is 11.1. The molecule has 1 aromatic carbocycles. The van der Waals surface area contributed by atoms with Crippen LogP contribution in [0.1, 0.15) is 23.2 Å². The van der Waals surface area contributed by atoms with Gasteiger partial charge >= 0.3 is 0 Å². The lowest BCUT2D eigenvalue weighted by Gasteiger charge is -1.99. The Labute approximate surface area is 138 Å². The number of nitrogens with zero attached hydrogens (tertiary/aromatic N) is 1. The Bertz CT molecular complexity index is 775. The van der Waals surface area contributed by atoms with Gasteiger partial charge in [-0.25, -0.2) is 5.43 Å². The normalized spacial score (nSPS) is 11.8. The number of halogens is 1. The van der Waals surface area contributed by atoms with Gasteiger partial charge in [0.2, 0.25) is 5.91 Å². The molecule has 0 aliphatic heterocycles. The zero-order valence-electron chi connectivity index (χ0n) is 12.6. The molecule has 1 aromatic heterocycles. The zero-order chi connectivity index (χ0) is 16.7. The van der Waals surface area contributed by atoms with E-state index in [1.807, 2.05) is 30.3 Å². The molecule has 23 heavy (non-hydrogen) atoms. The molecule has 0 aliphatic carbocycles. The molecule has 0 atom stereocenters. The van der Waals surface area contributed by atoms with Crippen molar-refractivity contribution in [3.8, 4) is 0 Å². The summed E-state index contributed by atoms with van der Waals surface area (Å²) in [6.45, 7) is 1.78. The molecule has 0 saturated heterocycles. The van der Waals surface area contributed by atoms with Crippen LogP contribution in [0.25, 0.3) is 6.08 Å². The molecular weight excluding hydrogens is 316 g/mol. The number of rotatable bonds is 6. The van der Waals surface area contributed by atoms with Crippen LogP contribution in [0.15, 0.2) is 45.3 Å². The van der Waals surface area contributed by atoms with Crippen molar-refractivity contribution in [2.24, 2.45) is 5.10 Å². The van der Waals surface area contributed by atoms with Crippen molar-refractivity contribution in [3.05, 3.63) is 62.5 Å². The van der Waals surface area contributed by atoms with Crippen LogP contribution in [-0.2, 0) is 11.2 Å². The quantitative estimate of drug-likeness (QED) is 0.559. The van der Waals surface area contributed by atoms with Crippen LogP contribution < -0.4 is 11.0 Å². The van der Waals surface area contributed by atoms with Gasteiger partial charge in [-0.15, -0.1) is 0 Å². The smallest absolute Gasteiger partial charge is 0.267 e. The highest BCUT2D eigenvalue weighted by atomic mass is 35.5. The third kappa shape index (κ3) is 5.27. The maximum Gasteiger partial charge on any atom is 0.267 e. The lowest BCUT2D eigenvalue weighted by atomic mass is 10.1. The van der Waals surface area contributed by atoms with Crippen molar-refractivity contribution in [2.75, 3.05) is 0 Å². The number of carbonyl (C=O) groups is 1. The minimum absolute atomic E-state index is 0.166. The molecule has 2 rings (SSSR count). The second-order valence-electron chi connectivity index (χ2n) is 4.92. The fourth-order valence-electron chi connectivity index (χ4n) is 1.98. The lowest BCUT2D eigenvalue weighted by Crippen LogP contribution is -2.19. The summed E-state index contributed by atoms with van der Waals surface area (Å²) < 4.78 is 0. The average molecular weight is 333 g/mol. The van der Waals surface area contributed by atoms with Crippen LogP contribution in [-0.4, -0.2) is 22.3 Å². The number of aromatic amines is 2. The van der Waals surface area contributed by atoms with Gasteiger partial charge in [-0.3, -0.25) is 14.7 Å². The first kappa shape index (κ1) is 16.8. The highest BCUT2D eigenvalue weighted by Crippen LogP contribution is 2.07. The van der Waals surface area contributed by atoms with Gasteiger partial charge in [0.15, 0.2) is 0 Å². The minimum Gasteiger partial charge on any atom is -0.302 e. The number of hydrogen-bond acceptors (Lipinski definition) is 3. The third-order valence-corrected chi connectivity index (χ3v) is 3.38. The number of hydrazone groups is 1. The first-order valence-electron chi connectivity index (χ1n) is 7.06. The van der Waals surface area contributed by atoms with E-state index in [-0.39, 0.29) is 17.9 Å². The van der Waals surface area contributed by atoms with E-state index in [1.54, 1.807) is 13.0 Å². The van der Waals surface area contributed by atoms with Crippen molar-refractivity contribution in [3.63, 3.8) is 0 Å². The molecule has 1 heterocycles. The second kappa shape index (κ2) is 8.14. The molecule has 120 valence electrons. The van der Waals surface area contributed by atoms with Crippen LogP contribution >= 0.6 is 11.6 Å². The van der Waals surface area contributed by atoms with E-state index in [0.717, 1.165) is 11.3 Å². The third-order valence-electron chi connectivity index (χ3n) is 3.17. The van der Waals surface area contributed by atoms with Crippen LogP contribution in [0.2, 0.25) is 0 Å². The van der Waals surface area contributed by atoms with E-state index in [4.69, 9.17) is 11.6 Å². The van der Waals surface area contributed by atoms with Gasteiger partial charge in [0.05, 0.1) is 11.2 Å². The van der Waals surface area contributed by atoms with Crippen molar-refractivity contribution < 1.29 is 4.79 Å². The molecule has 0 aliphatic rings. The van der Waals surface area contributed by atoms with Crippen LogP contribution in [0, 0.1) is 6.92 Å². The summed E-state index contributed by atoms with van der Waals surface area (Å²) in [6.07, 6.45) is 3.61. The zero-order valence-corrected chi connectivity index (χ0v) is 13.4. The summed E-state index contributed by atoms with van der Waals surface area (Å²) in [5.74, 6) is -0.287. The van der Waals surface area contributed by atoms with Gasteiger partial charge in [-0.05, 0) is 25.0 Å². The highest BCUT2D eigenvalue weighted by Gasteiger charge is 2.08. The van der Waals surface area contributed by atoms with Gasteiger partial charge < -0.3 is 5.10 Å². The number of H-pyrrole nitrogens is 2. The fraction of sp³-hybridized carbons (Fsp3) is 0.188. The molecule has 6 nitrogen and oxygen atoms in total. The van der Waals surface area contributed by atoms with Gasteiger partial charge in [-0.1, -0.05) is 41.9 Å². The van der Waals surface area contributed by atoms with E-state index in [1.165, 1.54) is 6.21 Å². The molecule has 0 unspecified atom stereocenters. The molecule has 0 saturated carbocycles. The Morgan fingerprint density at radius 1 is 1.30 bits per heavy atom. The van der Waals surface area contributed by atoms with E-state index < -0.39 is 0 Å². The molecule has 1 amide bonds. The summed E-state index contributed by atoms with van der Waals surface area (Å²) in [5, 5.41) is 9.38. The fourth-order valence-corrected chi connectivity index (χ4v) is 2.15. The lowest BCUT2D eigenvalue weighted by molar-refractivity contribution is -0.121. The predicted molar refractivity (Wildman–Crippen MR) is 91.4 cm³/mol. The monoisotopic (exact) mass is 332 g/mol. The van der Waals surface area contributed by atoms with Gasteiger partial charge in [0, 0.05) is 17.7 Å². The molecule has 0 fully saturated rings. The second-order valence-corrected chi connectivity index (χ2v) is 5.35.